The number of rotatable bonds is 3. The molecule has 0 radical (unpaired) electrons. The van der Waals surface area contributed by atoms with Gasteiger partial charge in [0.2, 0.25) is 0 Å². The summed E-state index contributed by atoms with van der Waals surface area (Å²) in [6.45, 7) is 4.65. The smallest absolute Gasteiger partial charge is 0.187 e. The zero-order chi connectivity index (χ0) is 9.68. The van der Waals surface area contributed by atoms with E-state index in [-0.39, 0.29) is 5.78 Å². The summed E-state index contributed by atoms with van der Waals surface area (Å²) < 4.78 is 5.13. The molecule has 0 saturated heterocycles. The SMILES string of the molecule is C/C=C(\CC)C(=O)C1=COCCC1. The van der Waals surface area contributed by atoms with Gasteiger partial charge in [0.15, 0.2) is 5.78 Å². The first-order valence-corrected chi connectivity index (χ1v) is 4.80. The molecule has 0 unspecified atom stereocenters. The summed E-state index contributed by atoms with van der Waals surface area (Å²) in [4.78, 5) is 11.7. The van der Waals surface area contributed by atoms with Crippen molar-refractivity contribution in [1.82, 2.24) is 0 Å². The van der Waals surface area contributed by atoms with Crippen LogP contribution in [-0.2, 0) is 9.53 Å². The molecule has 0 aromatic carbocycles. The molecule has 0 saturated carbocycles. The van der Waals surface area contributed by atoms with Gasteiger partial charge in [0, 0.05) is 5.57 Å². The lowest BCUT2D eigenvalue weighted by Crippen LogP contribution is -2.10. The standard InChI is InChI=1S/C11H16O2/c1-3-9(4-2)11(12)10-6-5-7-13-8-10/h3,8H,4-7H2,1-2H3/b9-3+. The molecule has 0 N–H and O–H groups in total. The second kappa shape index (κ2) is 4.85. The predicted octanol–water partition coefficient (Wildman–Crippen LogP) is 2.61. The Labute approximate surface area is 79.3 Å². The van der Waals surface area contributed by atoms with Crippen molar-refractivity contribution in [3.63, 3.8) is 0 Å². The summed E-state index contributed by atoms with van der Waals surface area (Å²) in [5, 5.41) is 0. The molecule has 1 aliphatic rings. The molecule has 0 fully saturated rings. The summed E-state index contributed by atoms with van der Waals surface area (Å²) in [6, 6.07) is 0. The Kier molecular flexibility index (Phi) is 3.74. The van der Waals surface area contributed by atoms with Crippen molar-refractivity contribution in [2.24, 2.45) is 0 Å². The minimum Gasteiger partial charge on any atom is -0.501 e. The lowest BCUT2D eigenvalue weighted by molar-refractivity contribution is -0.112. The van der Waals surface area contributed by atoms with Crippen LogP contribution in [-0.4, -0.2) is 12.4 Å². The van der Waals surface area contributed by atoms with Crippen LogP contribution in [0.15, 0.2) is 23.5 Å². The van der Waals surface area contributed by atoms with E-state index in [0.29, 0.717) is 0 Å². The average molecular weight is 180 g/mol. The number of ketones is 1. The Balaban J connectivity index is 2.71. The third kappa shape index (κ3) is 2.44. The monoisotopic (exact) mass is 180 g/mol. The maximum Gasteiger partial charge on any atom is 0.187 e. The van der Waals surface area contributed by atoms with E-state index < -0.39 is 0 Å². The minimum atomic E-state index is 0.157. The van der Waals surface area contributed by atoms with Gasteiger partial charge in [-0.2, -0.15) is 0 Å². The second-order valence-electron chi connectivity index (χ2n) is 3.11. The van der Waals surface area contributed by atoms with Crippen molar-refractivity contribution in [2.45, 2.75) is 33.1 Å². The molecule has 13 heavy (non-hydrogen) atoms. The number of hydrogen-bond donors (Lipinski definition) is 0. The lowest BCUT2D eigenvalue weighted by atomic mass is 9.98. The van der Waals surface area contributed by atoms with E-state index in [1.54, 1.807) is 6.26 Å². The Morgan fingerprint density at radius 3 is 2.92 bits per heavy atom. The van der Waals surface area contributed by atoms with Gasteiger partial charge < -0.3 is 4.74 Å². The molecular weight excluding hydrogens is 164 g/mol. The maximum atomic E-state index is 11.7. The number of carbonyl (C=O) groups is 1. The highest BCUT2D eigenvalue weighted by Gasteiger charge is 2.15. The van der Waals surface area contributed by atoms with Gasteiger partial charge in [0.25, 0.3) is 0 Å². The van der Waals surface area contributed by atoms with Crippen LogP contribution in [0.25, 0.3) is 0 Å². The van der Waals surface area contributed by atoms with Crippen LogP contribution in [0.3, 0.4) is 0 Å². The predicted molar refractivity (Wildman–Crippen MR) is 52.3 cm³/mol. The molecule has 2 nitrogen and oxygen atoms in total. The summed E-state index contributed by atoms with van der Waals surface area (Å²) in [6.07, 6.45) is 6.11. The Bertz CT molecular complexity index is 249. The fraction of sp³-hybridized carbons (Fsp3) is 0.545. The summed E-state index contributed by atoms with van der Waals surface area (Å²) in [5.74, 6) is 0.157. The molecule has 0 aromatic heterocycles. The Morgan fingerprint density at radius 1 is 1.69 bits per heavy atom. The van der Waals surface area contributed by atoms with Crippen LogP contribution in [0.5, 0.6) is 0 Å². The highest BCUT2D eigenvalue weighted by molar-refractivity contribution is 6.07. The molecule has 0 spiro atoms. The molecule has 0 aromatic rings. The summed E-state index contributed by atoms with van der Waals surface area (Å²) in [7, 11) is 0. The fourth-order valence-electron chi connectivity index (χ4n) is 1.43. The van der Waals surface area contributed by atoms with E-state index in [0.717, 1.165) is 37.0 Å². The van der Waals surface area contributed by atoms with Crippen molar-refractivity contribution in [3.8, 4) is 0 Å². The first-order valence-electron chi connectivity index (χ1n) is 4.80. The third-order valence-corrected chi connectivity index (χ3v) is 2.25. The number of allylic oxidation sites excluding steroid dienone is 3. The normalized spacial score (nSPS) is 17.7. The van der Waals surface area contributed by atoms with Crippen LogP contribution in [0, 0.1) is 0 Å². The quantitative estimate of drug-likeness (QED) is 0.624. The molecule has 0 amide bonds. The first-order chi connectivity index (χ1) is 6.29. The van der Waals surface area contributed by atoms with E-state index in [1.807, 2.05) is 19.9 Å². The number of Topliss-reactive ketones (excluding diaryl/α,β-unsaturated/α-hetero) is 1. The lowest BCUT2D eigenvalue weighted by Gasteiger charge is -2.13. The first kappa shape index (κ1) is 10.0. The van der Waals surface area contributed by atoms with Gasteiger partial charge in [-0.25, -0.2) is 0 Å². The Morgan fingerprint density at radius 2 is 2.46 bits per heavy atom. The molecule has 0 bridgehead atoms. The largest absolute Gasteiger partial charge is 0.501 e. The number of ether oxygens (including phenoxy) is 1. The average Bonchev–Trinajstić information content (AvgIpc) is 2.21. The maximum absolute atomic E-state index is 11.7. The molecule has 2 heteroatoms. The van der Waals surface area contributed by atoms with Crippen LogP contribution in [0.4, 0.5) is 0 Å². The van der Waals surface area contributed by atoms with E-state index in [4.69, 9.17) is 4.74 Å². The highest BCUT2D eigenvalue weighted by Crippen LogP contribution is 2.17. The summed E-state index contributed by atoms with van der Waals surface area (Å²) in [5.41, 5.74) is 1.71. The zero-order valence-electron chi connectivity index (χ0n) is 8.30. The van der Waals surface area contributed by atoms with Gasteiger partial charge >= 0.3 is 0 Å². The topological polar surface area (TPSA) is 26.3 Å². The molecular formula is C11H16O2. The van der Waals surface area contributed by atoms with Gasteiger partial charge in [-0.05, 0) is 31.8 Å². The molecule has 1 aliphatic heterocycles. The van der Waals surface area contributed by atoms with Crippen molar-refractivity contribution < 1.29 is 9.53 Å². The van der Waals surface area contributed by atoms with Crippen molar-refractivity contribution in [2.75, 3.05) is 6.61 Å². The van der Waals surface area contributed by atoms with Gasteiger partial charge in [-0.3, -0.25) is 4.79 Å². The number of carbonyl (C=O) groups excluding carboxylic acids is 1. The molecule has 72 valence electrons. The molecule has 1 rings (SSSR count). The zero-order valence-corrected chi connectivity index (χ0v) is 8.30. The molecule has 1 heterocycles. The van der Waals surface area contributed by atoms with Crippen molar-refractivity contribution in [3.05, 3.63) is 23.5 Å². The Hall–Kier alpha value is -1.05. The van der Waals surface area contributed by atoms with Crippen LogP contribution < -0.4 is 0 Å². The second-order valence-corrected chi connectivity index (χ2v) is 3.11. The molecule has 0 aliphatic carbocycles. The van der Waals surface area contributed by atoms with Crippen molar-refractivity contribution in [1.29, 1.82) is 0 Å². The van der Waals surface area contributed by atoms with Crippen LogP contribution >= 0.6 is 0 Å². The van der Waals surface area contributed by atoms with Gasteiger partial charge in [0.1, 0.15) is 0 Å². The van der Waals surface area contributed by atoms with E-state index in [9.17, 15) is 4.79 Å². The van der Waals surface area contributed by atoms with Gasteiger partial charge in [0.05, 0.1) is 12.9 Å². The van der Waals surface area contributed by atoms with E-state index >= 15 is 0 Å². The highest BCUT2D eigenvalue weighted by atomic mass is 16.5. The van der Waals surface area contributed by atoms with Crippen LogP contribution in [0.2, 0.25) is 0 Å². The fourth-order valence-corrected chi connectivity index (χ4v) is 1.43. The van der Waals surface area contributed by atoms with E-state index in [2.05, 4.69) is 0 Å². The molecule has 0 atom stereocenters. The summed E-state index contributed by atoms with van der Waals surface area (Å²) >= 11 is 0. The minimum absolute atomic E-state index is 0.157. The van der Waals surface area contributed by atoms with Crippen LogP contribution in [0.1, 0.15) is 33.1 Å². The third-order valence-electron chi connectivity index (χ3n) is 2.25. The van der Waals surface area contributed by atoms with Gasteiger partial charge in [-0.1, -0.05) is 13.0 Å². The number of hydrogen-bond acceptors (Lipinski definition) is 2. The van der Waals surface area contributed by atoms with Crippen molar-refractivity contribution >= 4 is 5.78 Å². The van der Waals surface area contributed by atoms with Gasteiger partial charge in [-0.15, -0.1) is 0 Å². The van der Waals surface area contributed by atoms with E-state index in [1.165, 1.54) is 0 Å².